The molecule has 2 nitrogen and oxygen atoms in total. The van der Waals surface area contributed by atoms with Gasteiger partial charge in [-0.3, -0.25) is 0 Å². The fourth-order valence-electron chi connectivity index (χ4n) is 1.52. The number of furan rings is 1. The molecule has 0 fully saturated rings. The van der Waals surface area contributed by atoms with E-state index in [2.05, 4.69) is 33.4 Å². The predicted molar refractivity (Wildman–Crippen MR) is 69.7 cm³/mol. The second-order valence-electron chi connectivity index (χ2n) is 3.62. The normalized spacial score (nSPS) is 10.3. The molecular weight excluding hydrogens is 266 g/mol. The van der Waals surface area contributed by atoms with E-state index in [4.69, 9.17) is 4.42 Å². The number of anilines is 1. The van der Waals surface area contributed by atoms with E-state index in [0.717, 1.165) is 35.3 Å². The molecule has 0 aliphatic rings. The summed E-state index contributed by atoms with van der Waals surface area (Å²) < 4.78 is 6.37. The Morgan fingerprint density at radius 2 is 1.94 bits per heavy atom. The van der Waals surface area contributed by atoms with Crippen molar-refractivity contribution in [2.75, 3.05) is 11.9 Å². The van der Waals surface area contributed by atoms with Crippen LogP contribution in [0.15, 0.2) is 51.6 Å². The summed E-state index contributed by atoms with van der Waals surface area (Å²) in [4.78, 5) is 0. The molecule has 2 rings (SSSR count). The van der Waals surface area contributed by atoms with E-state index in [-0.39, 0.29) is 0 Å². The first-order chi connectivity index (χ1) is 7.84. The average Bonchev–Trinajstić information content (AvgIpc) is 2.80. The van der Waals surface area contributed by atoms with Gasteiger partial charge in [0.1, 0.15) is 5.76 Å². The molecule has 1 aromatic carbocycles. The summed E-state index contributed by atoms with van der Waals surface area (Å²) in [6.07, 6.45) is 3.78. The summed E-state index contributed by atoms with van der Waals surface area (Å²) in [7, 11) is 0. The smallest absolute Gasteiger partial charge is 0.103 e. The van der Waals surface area contributed by atoms with E-state index in [1.807, 2.05) is 24.3 Å². The number of nitrogens with one attached hydrogen (secondary N) is 1. The zero-order valence-electron chi connectivity index (χ0n) is 8.95. The zero-order valence-corrected chi connectivity index (χ0v) is 10.5. The molecule has 0 saturated carbocycles. The Morgan fingerprint density at radius 3 is 2.62 bits per heavy atom. The fourth-order valence-corrected chi connectivity index (χ4v) is 1.78. The van der Waals surface area contributed by atoms with Crippen LogP contribution in [0, 0.1) is 0 Å². The van der Waals surface area contributed by atoms with Gasteiger partial charge in [0, 0.05) is 23.1 Å². The number of hydrogen-bond acceptors (Lipinski definition) is 2. The van der Waals surface area contributed by atoms with E-state index in [1.165, 1.54) is 0 Å². The maximum atomic E-state index is 5.27. The minimum atomic E-state index is 0.961. The summed E-state index contributed by atoms with van der Waals surface area (Å²) in [6, 6.07) is 12.1. The van der Waals surface area contributed by atoms with Crippen LogP contribution in [0.2, 0.25) is 0 Å². The third-order valence-corrected chi connectivity index (χ3v) is 2.88. The molecule has 0 radical (unpaired) electrons. The Labute approximate surface area is 104 Å². The Balaban J connectivity index is 1.70. The van der Waals surface area contributed by atoms with Crippen molar-refractivity contribution in [1.29, 1.82) is 0 Å². The van der Waals surface area contributed by atoms with E-state index in [9.17, 15) is 0 Å². The summed E-state index contributed by atoms with van der Waals surface area (Å²) in [5.74, 6) is 1.05. The topological polar surface area (TPSA) is 25.2 Å². The Hall–Kier alpha value is -1.22. The van der Waals surface area contributed by atoms with Gasteiger partial charge in [-0.15, -0.1) is 0 Å². The van der Waals surface area contributed by atoms with Gasteiger partial charge in [-0.25, -0.2) is 0 Å². The van der Waals surface area contributed by atoms with Crippen molar-refractivity contribution < 1.29 is 4.42 Å². The maximum absolute atomic E-state index is 5.27. The Kier molecular flexibility index (Phi) is 4.05. The van der Waals surface area contributed by atoms with E-state index in [0.29, 0.717) is 0 Å². The van der Waals surface area contributed by atoms with Gasteiger partial charge in [0.2, 0.25) is 0 Å². The molecule has 1 heterocycles. The van der Waals surface area contributed by atoms with Crippen LogP contribution in [0.1, 0.15) is 12.2 Å². The van der Waals surface area contributed by atoms with Crippen LogP contribution in [0.3, 0.4) is 0 Å². The van der Waals surface area contributed by atoms with Crippen molar-refractivity contribution in [3.8, 4) is 0 Å². The maximum Gasteiger partial charge on any atom is 0.103 e. The Morgan fingerprint density at radius 1 is 1.12 bits per heavy atom. The third-order valence-electron chi connectivity index (χ3n) is 2.35. The highest BCUT2D eigenvalue weighted by atomic mass is 79.9. The molecule has 1 aromatic heterocycles. The third kappa shape index (κ3) is 3.42. The predicted octanol–water partition coefficient (Wildman–Crippen LogP) is 4.09. The molecule has 0 amide bonds. The molecule has 0 aliphatic carbocycles. The number of hydrogen-bond donors (Lipinski definition) is 1. The van der Waals surface area contributed by atoms with Gasteiger partial charge in [-0.2, -0.15) is 0 Å². The van der Waals surface area contributed by atoms with Gasteiger partial charge in [0.25, 0.3) is 0 Å². The average molecular weight is 280 g/mol. The monoisotopic (exact) mass is 279 g/mol. The molecular formula is C13H14BrNO. The van der Waals surface area contributed by atoms with Crippen molar-refractivity contribution in [3.05, 3.63) is 52.9 Å². The first-order valence-corrected chi connectivity index (χ1v) is 6.16. The highest BCUT2D eigenvalue weighted by molar-refractivity contribution is 9.10. The quantitative estimate of drug-likeness (QED) is 0.834. The van der Waals surface area contributed by atoms with Gasteiger partial charge in [0.05, 0.1) is 6.26 Å². The van der Waals surface area contributed by atoms with E-state index in [1.54, 1.807) is 6.26 Å². The molecule has 0 bridgehead atoms. The Bertz CT molecular complexity index is 408. The van der Waals surface area contributed by atoms with Gasteiger partial charge < -0.3 is 9.73 Å². The second kappa shape index (κ2) is 5.75. The SMILES string of the molecule is Brc1ccc(NCCCc2ccco2)cc1. The molecule has 0 atom stereocenters. The molecule has 0 unspecified atom stereocenters. The van der Waals surface area contributed by atoms with E-state index < -0.39 is 0 Å². The molecule has 84 valence electrons. The first kappa shape index (κ1) is 11.3. The van der Waals surface area contributed by atoms with E-state index >= 15 is 0 Å². The van der Waals surface area contributed by atoms with Crippen LogP contribution >= 0.6 is 15.9 Å². The van der Waals surface area contributed by atoms with Crippen LogP contribution in [-0.4, -0.2) is 6.54 Å². The minimum absolute atomic E-state index is 0.961. The lowest BCUT2D eigenvalue weighted by atomic mass is 10.2. The summed E-state index contributed by atoms with van der Waals surface area (Å²) in [5.41, 5.74) is 1.16. The van der Waals surface area contributed by atoms with Crippen LogP contribution < -0.4 is 5.32 Å². The molecule has 3 heteroatoms. The summed E-state index contributed by atoms with van der Waals surface area (Å²) >= 11 is 3.41. The lowest BCUT2D eigenvalue weighted by Gasteiger charge is -2.05. The molecule has 0 spiro atoms. The first-order valence-electron chi connectivity index (χ1n) is 5.36. The van der Waals surface area contributed by atoms with Crippen molar-refractivity contribution in [2.24, 2.45) is 0 Å². The van der Waals surface area contributed by atoms with Crippen molar-refractivity contribution in [3.63, 3.8) is 0 Å². The highest BCUT2D eigenvalue weighted by Crippen LogP contribution is 2.14. The fraction of sp³-hybridized carbons (Fsp3) is 0.231. The highest BCUT2D eigenvalue weighted by Gasteiger charge is 1.95. The molecule has 2 aromatic rings. The molecule has 16 heavy (non-hydrogen) atoms. The summed E-state index contributed by atoms with van der Waals surface area (Å²) in [5, 5.41) is 3.37. The van der Waals surface area contributed by atoms with Gasteiger partial charge in [0.15, 0.2) is 0 Å². The van der Waals surface area contributed by atoms with Crippen LogP contribution in [0.5, 0.6) is 0 Å². The lowest BCUT2D eigenvalue weighted by molar-refractivity contribution is 0.504. The zero-order chi connectivity index (χ0) is 11.2. The van der Waals surface area contributed by atoms with Crippen LogP contribution in [0.4, 0.5) is 5.69 Å². The summed E-state index contributed by atoms with van der Waals surface area (Å²) in [6.45, 7) is 0.961. The minimum Gasteiger partial charge on any atom is -0.469 e. The largest absolute Gasteiger partial charge is 0.469 e. The number of aryl methyl sites for hydroxylation is 1. The molecule has 0 aliphatic heterocycles. The lowest BCUT2D eigenvalue weighted by Crippen LogP contribution is -2.02. The van der Waals surface area contributed by atoms with Crippen molar-refractivity contribution in [2.45, 2.75) is 12.8 Å². The number of benzene rings is 1. The van der Waals surface area contributed by atoms with Crippen molar-refractivity contribution in [1.82, 2.24) is 0 Å². The number of rotatable bonds is 5. The second-order valence-corrected chi connectivity index (χ2v) is 4.53. The van der Waals surface area contributed by atoms with Crippen LogP contribution in [-0.2, 0) is 6.42 Å². The molecule has 0 saturated heterocycles. The van der Waals surface area contributed by atoms with Gasteiger partial charge >= 0.3 is 0 Å². The standard InChI is InChI=1S/C13H14BrNO/c14-11-5-7-12(8-6-11)15-9-1-3-13-4-2-10-16-13/h2,4-8,10,15H,1,3,9H2. The van der Waals surface area contributed by atoms with Crippen molar-refractivity contribution >= 4 is 21.6 Å². The number of halogens is 1. The molecule has 1 N–H and O–H groups in total. The van der Waals surface area contributed by atoms with Crippen LogP contribution in [0.25, 0.3) is 0 Å². The van der Waals surface area contributed by atoms with Gasteiger partial charge in [-0.1, -0.05) is 15.9 Å². The van der Waals surface area contributed by atoms with Gasteiger partial charge in [-0.05, 0) is 42.8 Å².